The third-order valence-electron chi connectivity index (χ3n) is 7.50. The minimum atomic E-state index is -4.53. The average molecular weight is 892 g/mol. The molecule has 0 amide bonds. The molecule has 4 rings (SSSR count). The number of benzene rings is 2. The maximum atomic E-state index is 12.7. The Balaban J connectivity index is 0.000000335. The number of Topliss-reactive ketones (excluding diaryl/α,β-unsaturated/α-hetero) is 2. The first-order valence-corrected chi connectivity index (χ1v) is 17.4. The Bertz CT molecular complexity index is 2150. The lowest BCUT2D eigenvalue weighted by atomic mass is 10.1. The lowest BCUT2D eigenvalue weighted by Gasteiger charge is -2.14. The lowest BCUT2D eigenvalue weighted by molar-refractivity contribution is -0.138. The van der Waals surface area contributed by atoms with Crippen LogP contribution in [-0.4, -0.2) is 55.7 Å². The molecule has 0 atom stereocenters. The van der Waals surface area contributed by atoms with E-state index in [1.807, 2.05) is 0 Å². The Morgan fingerprint density at radius 2 is 1.07 bits per heavy atom. The fourth-order valence-electron chi connectivity index (χ4n) is 4.90. The van der Waals surface area contributed by atoms with E-state index in [4.69, 9.17) is 16.6 Å². The highest BCUT2D eigenvalue weighted by molar-refractivity contribution is 6.29. The van der Waals surface area contributed by atoms with Gasteiger partial charge < -0.3 is 9.68 Å². The normalized spacial score (nSPS) is 11.8. The van der Waals surface area contributed by atoms with Crippen molar-refractivity contribution in [2.24, 2.45) is 0 Å². The van der Waals surface area contributed by atoms with E-state index in [0.717, 1.165) is 69.8 Å². The van der Waals surface area contributed by atoms with E-state index in [0.29, 0.717) is 7.69 Å². The summed E-state index contributed by atoms with van der Waals surface area (Å²) < 4.78 is 154. The fourth-order valence-corrected chi connectivity index (χ4v) is 5.09. The summed E-state index contributed by atoms with van der Waals surface area (Å²) in [5, 5.41) is 8.09. The second kappa shape index (κ2) is 21.9. The van der Waals surface area contributed by atoms with Gasteiger partial charge in [-0.25, -0.2) is 9.97 Å². The first-order chi connectivity index (χ1) is 27.6. The highest BCUT2D eigenvalue weighted by atomic mass is 35.5. The third-order valence-corrected chi connectivity index (χ3v) is 7.70. The van der Waals surface area contributed by atoms with Crippen LogP contribution >= 0.6 is 11.6 Å². The lowest BCUT2D eigenvalue weighted by Crippen LogP contribution is -2.27. The molecule has 0 bridgehead atoms. The second-order valence-corrected chi connectivity index (χ2v) is 13.0. The molecule has 0 fully saturated rings. The summed E-state index contributed by atoms with van der Waals surface area (Å²) in [5.41, 5.74) is -2.61. The molecule has 327 valence electrons. The van der Waals surface area contributed by atoms with Gasteiger partial charge in [-0.1, -0.05) is 23.7 Å². The average Bonchev–Trinajstić information content (AvgIpc) is 3.10. The highest BCUT2D eigenvalue weighted by Gasteiger charge is 2.31. The molecule has 4 aromatic rings. The number of halogens is 13. The number of carbonyl (C=O) groups is 2. The van der Waals surface area contributed by atoms with Crippen molar-refractivity contribution in [1.29, 1.82) is 0 Å². The van der Waals surface area contributed by atoms with Crippen molar-refractivity contribution >= 4 is 30.9 Å². The Morgan fingerprint density at radius 3 is 1.45 bits per heavy atom. The van der Waals surface area contributed by atoms with Gasteiger partial charge in [-0.2, -0.15) is 52.7 Å². The van der Waals surface area contributed by atoms with Gasteiger partial charge >= 0.3 is 32.4 Å². The summed E-state index contributed by atoms with van der Waals surface area (Å²) >= 11 is 5.60. The summed E-state index contributed by atoms with van der Waals surface area (Å²) in [6.45, 7) is 1.93. The summed E-state index contributed by atoms with van der Waals surface area (Å²) in [6, 6.07) is 9.95. The van der Waals surface area contributed by atoms with E-state index in [2.05, 4.69) is 14.6 Å². The molecule has 2 aromatic heterocycles. The fraction of sp³-hybridized carbons (Fsp3) is 0.389. The molecular formula is C36H33BClF12N4O6. The van der Waals surface area contributed by atoms with E-state index in [1.165, 1.54) is 13.8 Å². The topological polar surface area (TPSA) is 133 Å². The predicted octanol–water partition coefficient (Wildman–Crippen LogP) is 8.38. The van der Waals surface area contributed by atoms with Crippen molar-refractivity contribution in [2.45, 2.75) is 90.2 Å². The number of carbonyl (C=O) groups excluding carboxylic acids is 2. The van der Waals surface area contributed by atoms with Gasteiger partial charge in [-0.05, 0) is 63.1 Å². The number of hydrogen-bond acceptors (Lipinski definition) is 8. The molecule has 1 N–H and O–H groups in total. The maximum absolute atomic E-state index is 12.7. The van der Waals surface area contributed by atoms with Crippen LogP contribution in [0.15, 0.2) is 70.3 Å². The van der Waals surface area contributed by atoms with Gasteiger partial charge in [-0.3, -0.25) is 28.3 Å². The van der Waals surface area contributed by atoms with Crippen LogP contribution in [-0.2, 0) is 47.9 Å². The van der Waals surface area contributed by atoms with Gasteiger partial charge in [0.2, 0.25) is 0 Å². The van der Waals surface area contributed by atoms with Crippen LogP contribution < -0.4 is 15.8 Å². The molecule has 2 aromatic carbocycles. The number of aryl methyl sites for hydroxylation is 2. The molecule has 0 unspecified atom stereocenters. The molecule has 60 heavy (non-hydrogen) atoms. The summed E-state index contributed by atoms with van der Waals surface area (Å²) in [5.74, 6) is -0.458. The molecule has 10 nitrogen and oxygen atoms in total. The van der Waals surface area contributed by atoms with Crippen molar-refractivity contribution in [3.63, 3.8) is 0 Å². The molecule has 0 aliphatic rings. The van der Waals surface area contributed by atoms with E-state index in [9.17, 15) is 71.9 Å². The Labute approximate surface area is 338 Å². The first-order valence-electron chi connectivity index (χ1n) is 17.1. The zero-order valence-electron chi connectivity index (χ0n) is 31.2. The third kappa shape index (κ3) is 18.4. The van der Waals surface area contributed by atoms with Gasteiger partial charge in [0.25, 0.3) is 11.1 Å². The van der Waals surface area contributed by atoms with Crippen LogP contribution in [0.4, 0.5) is 52.7 Å². The summed E-state index contributed by atoms with van der Waals surface area (Å²) in [7, 11) is 0.405. The molecule has 0 spiro atoms. The SMILES string of the molecule is CC(=O)Cn1c(CCCC(F)(F)F)nc(-c2ccc(C(F)(F)F)cc2)cc1=O.CC(=O)Cn1c(CCCC(F)(F)F)nc(Cl)cc1=O.O[B]Oc1ccc(C(F)(F)F)cc1. The van der Waals surface area contributed by atoms with E-state index in [-0.39, 0.29) is 84.1 Å². The number of rotatable bonds is 13. The number of nitrogens with zero attached hydrogens (tertiary/aromatic N) is 4. The smallest absolute Gasteiger partial charge is 0.537 e. The van der Waals surface area contributed by atoms with Gasteiger partial charge in [0.05, 0.1) is 29.9 Å². The van der Waals surface area contributed by atoms with Crippen molar-refractivity contribution in [3.05, 3.63) is 109 Å². The van der Waals surface area contributed by atoms with Gasteiger partial charge in [0.1, 0.15) is 34.1 Å². The molecule has 2 heterocycles. The monoisotopic (exact) mass is 891 g/mol. The summed E-state index contributed by atoms with van der Waals surface area (Å²) in [4.78, 5) is 54.3. The number of alkyl halides is 12. The Morgan fingerprint density at radius 1 is 0.667 bits per heavy atom. The Kier molecular flexibility index (Phi) is 18.6. The predicted molar refractivity (Wildman–Crippen MR) is 192 cm³/mol. The zero-order chi connectivity index (χ0) is 45.6. The van der Waals surface area contributed by atoms with Gasteiger partial charge in [0.15, 0.2) is 0 Å². The molecule has 1 radical (unpaired) electrons. The minimum absolute atomic E-state index is 0.0261. The number of ketones is 2. The highest BCUT2D eigenvalue weighted by Crippen LogP contribution is 2.32. The van der Waals surface area contributed by atoms with Crippen LogP contribution in [0.3, 0.4) is 0 Å². The number of aromatic nitrogens is 4. The standard InChI is InChI=1S/C18H16F6N2O2.C11H12ClF3N2O2.C7H5BF3O2/c1-11(27)10-26-15(3-2-8-17(19,20)21)25-14(9-16(26)28)12-4-6-13(7-5-12)18(22,23)24;1-7(18)6-17-9(3-2-4-11(13,14)15)16-8(12)5-10(17)19;9-7(10,11)5-1-3-6(4-2-5)13-8-12/h4-7,9H,2-3,8,10H2,1H3;5H,2-4,6H2,1H3;1-4,12H. The van der Waals surface area contributed by atoms with Crippen molar-refractivity contribution in [3.8, 4) is 17.0 Å². The first kappa shape index (κ1) is 51.0. The molecule has 0 aliphatic carbocycles. The van der Waals surface area contributed by atoms with Gasteiger partial charge in [-0.15, -0.1) is 0 Å². The van der Waals surface area contributed by atoms with Crippen LogP contribution in [0.1, 0.15) is 62.3 Å². The molecular weight excluding hydrogens is 859 g/mol. The molecule has 24 heteroatoms. The maximum Gasteiger partial charge on any atom is 0.569 e. The van der Waals surface area contributed by atoms with Gasteiger partial charge in [0, 0.05) is 43.4 Å². The minimum Gasteiger partial charge on any atom is -0.537 e. The van der Waals surface area contributed by atoms with Crippen molar-refractivity contribution in [2.75, 3.05) is 0 Å². The molecule has 0 saturated carbocycles. The van der Waals surface area contributed by atoms with E-state index >= 15 is 0 Å². The molecule has 0 saturated heterocycles. The van der Waals surface area contributed by atoms with Crippen LogP contribution in [0.5, 0.6) is 5.75 Å². The summed E-state index contributed by atoms with van der Waals surface area (Å²) in [6.07, 6.45) is -20.4. The number of hydrogen-bond donors (Lipinski definition) is 1. The zero-order valence-corrected chi connectivity index (χ0v) is 32.0. The van der Waals surface area contributed by atoms with E-state index < -0.39 is 59.8 Å². The molecule has 0 aliphatic heterocycles. The largest absolute Gasteiger partial charge is 0.569 e. The second-order valence-electron chi connectivity index (χ2n) is 12.6. The van der Waals surface area contributed by atoms with Crippen molar-refractivity contribution in [1.82, 2.24) is 19.1 Å². The van der Waals surface area contributed by atoms with Crippen LogP contribution in [0, 0.1) is 0 Å². The van der Waals surface area contributed by atoms with Crippen LogP contribution in [0.25, 0.3) is 11.3 Å². The van der Waals surface area contributed by atoms with E-state index in [1.54, 1.807) is 0 Å². The Hall–Kier alpha value is -5.19. The van der Waals surface area contributed by atoms with Crippen molar-refractivity contribution < 1.29 is 72.0 Å². The quantitative estimate of drug-likeness (QED) is 0.0805. The van der Waals surface area contributed by atoms with Crippen LogP contribution in [0.2, 0.25) is 5.15 Å².